The first-order chi connectivity index (χ1) is 14.5. The highest BCUT2D eigenvalue weighted by Crippen LogP contribution is 2.41. The number of benzene rings is 1. The first-order valence-electron chi connectivity index (χ1n) is 9.72. The molecule has 1 aromatic carbocycles. The maximum atomic E-state index is 12.7. The molecular formula is C24H23N3O2S. The van der Waals surface area contributed by atoms with E-state index in [2.05, 4.69) is 60.7 Å². The van der Waals surface area contributed by atoms with Crippen LogP contribution in [0.4, 0.5) is 10.8 Å². The van der Waals surface area contributed by atoms with E-state index in [-0.39, 0.29) is 17.7 Å². The van der Waals surface area contributed by atoms with Crippen LogP contribution in [0.15, 0.2) is 71.5 Å². The number of aromatic nitrogens is 1. The lowest BCUT2D eigenvalue weighted by Crippen LogP contribution is -2.17. The van der Waals surface area contributed by atoms with Crippen molar-refractivity contribution in [3.8, 4) is 0 Å². The number of thiophene rings is 1. The Kier molecular flexibility index (Phi) is 5.68. The minimum atomic E-state index is -0.261. The first kappa shape index (κ1) is 19.9. The first-order valence-corrected chi connectivity index (χ1v) is 10.5. The Morgan fingerprint density at radius 1 is 1.03 bits per heavy atom. The second-order valence-corrected chi connectivity index (χ2v) is 8.39. The third-order valence-corrected chi connectivity index (χ3v) is 6.20. The molecule has 2 N–H and O–H groups in total. The quantitative estimate of drug-likeness (QED) is 0.397. The number of hydrogen-bond acceptors (Lipinski definition) is 5. The molecule has 0 aliphatic rings. The van der Waals surface area contributed by atoms with E-state index in [9.17, 15) is 4.79 Å². The molecule has 3 heterocycles. The van der Waals surface area contributed by atoms with Gasteiger partial charge in [0.1, 0.15) is 10.8 Å². The Hall–Kier alpha value is -3.38. The molecule has 0 radical (unpaired) electrons. The number of carbonyl (C=O) groups is 1. The number of nitrogens with zero attached hydrogens (tertiary/aromatic N) is 1. The lowest BCUT2D eigenvalue weighted by molar-refractivity contribution is 0.0997. The number of aryl methyl sites for hydroxylation is 2. The topological polar surface area (TPSA) is 67.2 Å². The molecular weight excluding hydrogens is 394 g/mol. The van der Waals surface area contributed by atoms with Crippen LogP contribution in [0, 0.1) is 20.8 Å². The van der Waals surface area contributed by atoms with Crippen LogP contribution >= 0.6 is 11.3 Å². The van der Waals surface area contributed by atoms with Crippen molar-refractivity contribution in [1.29, 1.82) is 0 Å². The summed E-state index contributed by atoms with van der Waals surface area (Å²) >= 11 is 1.57. The summed E-state index contributed by atoms with van der Waals surface area (Å²) in [7, 11) is 0. The fourth-order valence-corrected chi connectivity index (χ4v) is 4.43. The zero-order valence-electron chi connectivity index (χ0n) is 17.1. The van der Waals surface area contributed by atoms with Gasteiger partial charge >= 0.3 is 0 Å². The highest BCUT2D eigenvalue weighted by Gasteiger charge is 2.25. The Bertz CT molecular complexity index is 1130. The minimum absolute atomic E-state index is 0.169. The zero-order valence-corrected chi connectivity index (χ0v) is 17.9. The molecule has 0 fully saturated rings. The van der Waals surface area contributed by atoms with Crippen molar-refractivity contribution in [2.24, 2.45) is 0 Å². The van der Waals surface area contributed by atoms with Crippen LogP contribution in [0.5, 0.6) is 0 Å². The number of anilines is 2. The second-order valence-electron chi connectivity index (χ2n) is 7.16. The van der Waals surface area contributed by atoms with Gasteiger partial charge in [0.25, 0.3) is 5.91 Å². The molecule has 1 atom stereocenters. The van der Waals surface area contributed by atoms with Crippen LogP contribution in [-0.4, -0.2) is 10.9 Å². The molecule has 5 nitrogen and oxygen atoms in total. The molecule has 152 valence electrons. The van der Waals surface area contributed by atoms with Crippen molar-refractivity contribution in [3.05, 3.63) is 99.9 Å². The molecule has 0 aliphatic carbocycles. The van der Waals surface area contributed by atoms with E-state index in [1.807, 2.05) is 18.2 Å². The van der Waals surface area contributed by atoms with E-state index >= 15 is 0 Å². The van der Waals surface area contributed by atoms with Gasteiger partial charge in [0.15, 0.2) is 5.76 Å². The highest BCUT2D eigenvalue weighted by molar-refractivity contribution is 7.16. The molecule has 0 saturated carbocycles. The van der Waals surface area contributed by atoms with Gasteiger partial charge in [-0.15, -0.1) is 11.3 Å². The van der Waals surface area contributed by atoms with Crippen LogP contribution in [-0.2, 0) is 0 Å². The summed E-state index contributed by atoms with van der Waals surface area (Å²) in [5.41, 5.74) is 4.47. The third-order valence-electron chi connectivity index (χ3n) is 5.06. The van der Waals surface area contributed by atoms with Crippen LogP contribution in [0.25, 0.3) is 0 Å². The lowest BCUT2D eigenvalue weighted by Gasteiger charge is -2.22. The third kappa shape index (κ3) is 4.14. The van der Waals surface area contributed by atoms with Crippen molar-refractivity contribution < 1.29 is 9.21 Å². The van der Waals surface area contributed by atoms with E-state index in [1.165, 1.54) is 11.8 Å². The summed E-state index contributed by atoms with van der Waals surface area (Å²) < 4.78 is 5.27. The lowest BCUT2D eigenvalue weighted by atomic mass is 9.95. The highest BCUT2D eigenvalue weighted by atomic mass is 32.1. The van der Waals surface area contributed by atoms with Crippen LogP contribution < -0.4 is 10.6 Å². The maximum Gasteiger partial charge on any atom is 0.291 e. The molecule has 3 aromatic heterocycles. The van der Waals surface area contributed by atoms with Gasteiger partial charge in [-0.3, -0.25) is 4.79 Å². The number of furan rings is 1. The van der Waals surface area contributed by atoms with Crippen LogP contribution in [0.2, 0.25) is 0 Å². The largest absolute Gasteiger partial charge is 0.459 e. The smallest absolute Gasteiger partial charge is 0.291 e. The normalized spacial score (nSPS) is 11.8. The zero-order chi connectivity index (χ0) is 21.1. The summed E-state index contributed by atoms with van der Waals surface area (Å²) in [5, 5.41) is 7.41. The van der Waals surface area contributed by atoms with Gasteiger partial charge in [-0.1, -0.05) is 35.9 Å². The van der Waals surface area contributed by atoms with Crippen molar-refractivity contribution >= 4 is 28.1 Å². The number of hydrogen-bond donors (Lipinski definition) is 2. The Morgan fingerprint density at radius 3 is 2.50 bits per heavy atom. The molecule has 0 aliphatic heterocycles. The van der Waals surface area contributed by atoms with Crippen molar-refractivity contribution in [2.75, 3.05) is 10.6 Å². The van der Waals surface area contributed by atoms with Crippen LogP contribution in [0.3, 0.4) is 0 Å². The summed E-state index contributed by atoms with van der Waals surface area (Å²) in [6.07, 6.45) is 3.26. The molecule has 4 aromatic rings. The molecule has 0 bridgehead atoms. The average molecular weight is 418 g/mol. The number of carbonyl (C=O) groups excluding carboxylic acids is 1. The number of nitrogens with one attached hydrogen (secondary N) is 2. The molecule has 30 heavy (non-hydrogen) atoms. The van der Waals surface area contributed by atoms with Gasteiger partial charge in [0.05, 0.1) is 12.3 Å². The average Bonchev–Trinajstić information content (AvgIpc) is 3.37. The van der Waals surface area contributed by atoms with Gasteiger partial charge in [0.2, 0.25) is 0 Å². The molecule has 0 spiro atoms. The van der Waals surface area contributed by atoms with Crippen molar-refractivity contribution in [2.45, 2.75) is 26.8 Å². The molecule has 4 rings (SSSR count). The van der Waals surface area contributed by atoms with Gasteiger partial charge < -0.3 is 15.1 Å². The molecule has 1 unspecified atom stereocenters. The molecule has 1 amide bonds. The summed E-state index contributed by atoms with van der Waals surface area (Å²) in [4.78, 5) is 18.3. The van der Waals surface area contributed by atoms with Gasteiger partial charge in [-0.05, 0) is 56.2 Å². The molecule has 6 heteroatoms. The van der Waals surface area contributed by atoms with E-state index in [0.29, 0.717) is 0 Å². The predicted octanol–water partition coefficient (Wildman–Crippen LogP) is 6.12. The Labute approximate surface area is 179 Å². The number of pyridine rings is 1. The van der Waals surface area contributed by atoms with Gasteiger partial charge in [-0.25, -0.2) is 4.98 Å². The van der Waals surface area contributed by atoms with Gasteiger partial charge in [-0.2, -0.15) is 0 Å². The summed E-state index contributed by atoms with van der Waals surface area (Å²) in [5.74, 6) is 0.798. The van der Waals surface area contributed by atoms with E-state index in [1.54, 1.807) is 29.7 Å². The van der Waals surface area contributed by atoms with E-state index in [4.69, 9.17) is 4.42 Å². The monoisotopic (exact) mass is 417 g/mol. The van der Waals surface area contributed by atoms with E-state index < -0.39 is 0 Å². The SMILES string of the molecule is Cc1ccc(C(Nc2ccccn2)c2c(NC(=O)c3ccco3)sc(C)c2C)cc1. The predicted molar refractivity (Wildman–Crippen MR) is 121 cm³/mol. The Balaban J connectivity index is 1.77. The maximum absolute atomic E-state index is 12.7. The summed E-state index contributed by atoms with van der Waals surface area (Å²) in [6.45, 7) is 6.23. The Morgan fingerprint density at radius 2 is 1.83 bits per heavy atom. The number of amides is 1. The fourth-order valence-electron chi connectivity index (χ4n) is 3.33. The second kappa shape index (κ2) is 8.55. The molecule has 0 saturated heterocycles. The fraction of sp³-hybridized carbons (Fsp3) is 0.167. The van der Waals surface area contributed by atoms with Crippen molar-refractivity contribution in [1.82, 2.24) is 4.98 Å². The van der Waals surface area contributed by atoms with Crippen LogP contribution in [0.1, 0.15) is 43.7 Å². The summed E-state index contributed by atoms with van der Waals surface area (Å²) in [6, 6.07) is 17.4. The minimum Gasteiger partial charge on any atom is -0.459 e. The van der Waals surface area contributed by atoms with Gasteiger partial charge in [0, 0.05) is 16.6 Å². The van der Waals surface area contributed by atoms with Crippen molar-refractivity contribution in [3.63, 3.8) is 0 Å². The number of rotatable bonds is 6. The standard InChI is InChI=1S/C24H23N3O2S/c1-15-9-11-18(12-10-15)22(26-20-8-4-5-13-25-20)21-16(2)17(3)30-24(21)27-23(28)19-7-6-14-29-19/h4-14,22H,1-3H3,(H,25,26)(H,27,28). The van der Waals surface area contributed by atoms with E-state index in [0.717, 1.165) is 32.4 Å².